The Morgan fingerprint density at radius 3 is 2.33 bits per heavy atom. The van der Waals surface area contributed by atoms with Gasteiger partial charge in [-0.15, -0.1) is 11.3 Å². The van der Waals surface area contributed by atoms with Crippen LogP contribution in [0.4, 0.5) is 10.2 Å². The molecule has 6 rings (SSSR count). The van der Waals surface area contributed by atoms with E-state index < -0.39 is 0 Å². The predicted octanol–water partition coefficient (Wildman–Crippen LogP) is 6.55. The Morgan fingerprint density at radius 2 is 1.62 bits per heavy atom. The van der Waals surface area contributed by atoms with Gasteiger partial charge in [0.2, 0.25) is 0 Å². The smallest absolute Gasteiger partial charge is 0.260 e. The average Bonchev–Trinajstić information content (AvgIpc) is 3.41. The summed E-state index contributed by atoms with van der Waals surface area (Å²) in [5.41, 5.74) is 1.87. The van der Waals surface area contributed by atoms with E-state index in [1.165, 1.54) is 12.1 Å². The zero-order valence-corrected chi connectivity index (χ0v) is 22.5. The number of rotatable bonds is 6. The summed E-state index contributed by atoms with van der Waals surface area (Å²) in [5.74, 6) is 1.78. The molecule has 0 N–H and O–H groups in total. The molecule has 1 aliphatic rings. The Balaban J connectivity index is 1.24. The number of halogens is 2. The molecule has 3 aromatic carbocycles. The molecule has 9 heteroatoms. The third kappa shape index (κ3) is 5.57. The van der Waals surface area contributed by atoms with Gasteiger partial charge in [0, 0.05) is 41.6 Å². The highest BCUT2D eigenvalue weighted by atomic mass is 35.5. The molecule has 6 nitrogen and oxygen atoms in total. The first kappa shape index (κ1) is 25.3. The van der Waals surface area contributed by atoms with E-state index in [-0.39, 0.29) is 18.3 Å². The van der Waals surface area contributed by atoms with E-state index in [4.69, 9.17) is 26.3 Å². The van der Waals surface area contributed by atoms with Gasteiger partial charge in [-0.25, -0.2) is 14.4 Å². The largest absolute Gasteiger partial charge is 0.484 e. The Morgan fingerprint density at radius 1 is 0.897 bits per heavy atom. The van der Waals surface area contributed by atoms with Crippen molar-refractivity contribution in [3.8, 4) is 27.6 Å². The molecule has 0 bridgehead atoms. The van der Waals surface area contributed by atoms with Crippen LogP contribution >= 0.6 is 22.9 Å². The van der Waals surface area contributed by atoms with Crippen LogP contribution in [-0.2, 0) is 4.79 Å². The zero-order valence-electron chi connectivity index (χ0n) is 20.9. The molecule has 1 saturated heterocycles. The summed E-state index contributed by atoms with van der Waals surface area (Å²) in [6.45, 7) is 2.36. The minimum Gasteiger partial charge on any atom is -0.484 e. The molecule has 0 saturated carbocycles. The van der Waals surface area contributed by atoms with Crippen LogP contribution in [0.1, 0.15) is 0 Å². The fourth-order valence-corrected chi connectivity index (χ4v) is 5.71. The molecule has 0 atom stereocenters. The fourth-order valence-electron chi connectivity index (χ4n) is 4.56. The minimum atomic E-state index is -0.266. The molecule has 1 amide bonds. The number of ether oxygens (including phenoxy) is 1. The number of piperazine rings is 1. The van der Waals surface area contributed by atoms with Gasteiger partial charge >= 0.3 is 0 Å². The molecule has 5 aromatic rings. The molecule has 0 radical (unpaired) electrons. The fraction of sp³-hybridized carbons (Fsp3) is 0.167. The molecule has 39 heavy (non-hydrogen) atoms. The number of carbonyl (C=O) groups is 1. The number of fused-ring (bicyclic) bond motifs is 1. The van der Waals surface area contributed by atoms with Crippen LogP contribution in [0.3, 0.4) is 0 Å². The van der Waals surface area contributed by atoms with E-state index in [1.54, 1.807) is 47.7 Å². The minimum absolute atomic E-state index is 0.0247. The lowest BCUT2D eigenvalue weighted by Gasteiger charge is -2.35. The van der Waals surface area contributed by atoms with Crippen molar-refractivity contribution in [1.82, 2.24) is 14.9 Å². The van der Waals surface area contributed by atoms with E-state index in [2.05, 4.69) is 11.0 Å². The van der Waals surface area contributed by atoms with Crippen LogP contribution < -0.4 is 9.64 Å². The molecule has 3 heterocycles. The van der Waals surface area contributed by atoms with Crippen LogP contribution in [0.25, 0.3) is 32.0 Å². The highest BCUT2D eigenvalue weighted by Crippen LogP contribution is 2.38. The van der Waals surface area contributed by atoms with E-state index in [0.29, 0.717) is 42.8 Å². The molecule has 0 spiro atoms. The highest BCUT2D eigenvalue weighted by Gasteiger charge is 2.25. The number of amides is 1. The second kappa shape index (κ2) is 11.0. The molecule has 1 fully saturated rings. The standard InChI is InChI=1S/C30H24ClFN4O2S/c31-22-8-12-24(13-9-22)38-19-27(37)35-14-16-36(17-15-35)29-25-18-26(20-6-10-23(32)11-7-20)39-30(25)34-28(33-29)21-4-2-1-3-5-21/h1-13,18H,14-17,19H2. The Labute approximate surface area is 234 Å². The molecule has 0 unspecified atom stereocenters. The van der Waals surface area contributed by atoms with Crippen molar-refractivity contribution in [2.45, 2.75) is 0 Å². The lowest BCUT2D eigenvalue weighted by Crippen LogP contribution is -2.50. The van der Waals surface area contributed by atoms with Crippen LogP contribution in [0.5, 0.6) is 5.75 Å². The van der Waals surface area contributed by atoms with Gasteiger partial charge in [-0.05, 0) is 48.0 Å². The van der Waals surface area contributed by atoms with Gasteiger partial charge in [-0.1, -0.05) is 54.1 Å². The number of aromatic nitrogens is 2. The van der Waals surface area contributed by atoms with Gasteiger partial charge in [0.15, 0.2) is 12.4 Å². The summed E-state index contributed by atoms with van der Waals surface area (Å²) in [6.07, 6.45) is 0. The number of hydrogen-bond donors (Lipinski definition) is 0. The van der Waals surface area contributed by atoms with Crippen LogP contribution in [0.15, 0.2) is 84.9 Å². The molecule has 1 aliphatic heterocycles. The van der Waals surface area contributed by atoms with Crippen LogP contribution in [0, 0.1) is 5.82 Å². The highest BCUT2D eigenvalue weighted by molar-refractivity contribution is 7.22. The number of benzene rings is 3. The van der Waals surface area contributed by atoms with Gasteiger partial charge in [0.25, 0.3) is 5.91 Å². The van der Waals surface area contributed by atoms with Crippen molar-refractivity contribution in [1.29, 1.82) is 0 Å². The Hall–Kier alpha value is -4.01. The summed E-state index contributed by atoms with van der Waals surface area (Å²) >= 11 is 7.49. The maximum Gasteiger partial charge on any atom is 0.260 e. The van der Waals surface area contributed by atoms with Crippen LogP contribution in [0.2, 0.25) is 5.02 Å². The van der Waals surface area contributed by atoms with Crippen molar-refractivity contribution >= 4 is 44.9 Å². The number of thiophene rings is 1. The Kier molecular flexibility index (Phi) is 7.13. The number of hydrogen-bond acceptors (Lipinski definition) is 6. The summed E-state index contributed by atoms with van der Waals surface area (Å²) in [7, 11) is 0. The number of nitrogens with zero attached hydrogens (tertiary/aromatic N) is 4. The lowest BCUT2D eigenvalue weighted by molar-refractivity contribution is -0.133. The quantitative estimate of drug-likeness (QED) is 0.237. The predicted molar refractivity (Wildman–Crippen MR) is 154 cm³/mol. The third-order valence-electron chi connectivity index (χ3n) is 6.64. The van der Waals surface area contributed by atoms with E-state index in [0.717, 1.165) is 32.0 Å². The van der Waals surface area contributed by atoms with E-state index >= 15 is 0 Å². The first-order chi connectivity index (χ1) is 19.0. The van der Waals surface area contributed by atoms with Gasteiger partial charge in [0.05, 0.1) is 5.39 Å². The van der Waals surface area contributed by atoms with Gasteiger partial charge in [-0.2, -0.15) is 0 Å². The van der Waals surface area contributed by atoms with Crippen molar-refractivity contribution in [3.63, 3.8) is 0 Å². The van der Waals surface area contributed by atoms with Crippen molar-refractivity contribution in [2.24, 2.45) is 0 Å². The SMILES string of the molecule is O=C(COc1ccc(Cl)cc1)N1CCN(c2nc(-c3ccccc3)nc3sc(-c4ccc(F)cc4)cc23)CC1. The second-order valence-electron chi connectivity index (χ2n) is 9.18. The van der Waals surface area contributed by atoms with E-state index in [1.807, 2.05) is 35.2 Å². The summed E-state index contributed by atoms with van der Waals surface area (Å²) in [6, 6.07) is 25.4. The molecular formula is C30H24ClFN4O2S. The number of carbonyl (C=O) groups excluding carboxylic acids is 1. The maximum atomic E-state index is 13.5. The summed E-state index contributed by atoms with van der Waals surface area (Å²) in [4.78, 5) is 28.6. The van der Waals surface area contributed by atoms with Crippen molar-refractivity contribution in [3.05, 3.63) is 95.8 Å². The molecule has 196 valence electrons. The summed E-state index contributed by atoms with van der Waals surface area (Å²) < 4.78 is 19.2. The molecular weight excluding hydrogens is 535 g/mol. The van der Waals surface area contributed by atoms with Gasteiger partial charge in [-0.3, -0.25) is 4.79 Å². The third-order valence-corrected chi connectivity index (χ3v) is 7.97. The van der Waals surface area contributed by atoms with Gasteiger partial charge in [0.1, 0.15) is 22.2 Å². The maximum absolute atomic E-state index is 13.5. The molecule has 2 aromatic heterocycles. The first-order valence-corrected chi connectivity index (χ1v) is 13.8. The monoisotopic (exact) mass is 558 g/mol. The average molecular weight is 559 g/mol. The van der Waals surface area contributed by atoms with Crippen LogP contribution in [-0.4, -0.2) is 53.6 Å². The first-order valence-electron chi connectivity index (χ1n) is 12.6. The second-order valence-corrected chi connectivity index (χ2v) is 10.7. The molecule has 0 aliphatic carbocycles. The van der Waals surface area contributed by atoms with Gasteiger partial charge < -0.3 is 14.5 Å². The summed E-state index contributed by atoms with van der Waals surface area (Å²) in [5, 5.41) is 1.57. The number of anilines is 1. The Bertz CT molecular complexity index is 1600. The topological polar surface area (TPSA) is 58.6 Å². The van der Waals surface area contributed by atoms with Crippen molar-refractivity contribution < 1.29 is 13.9 Å². The van der Waals surface area contributed by atoms with Crippen molar-refractivity contribution in [2.75, 3.05) is 37.7 Å². The zero-order chi connectivity index (χ0) is 26.8. The normalized spacial score (nSPS) is 13.6. The lowest BCUT2D eigenvalue weighted by atomic mass is 10.1. The van der Waals surface area contributed by atoms with E-state index in [9.17, 15) is 9.18 Å².